The molecule has 0 saturated carbocycles. The molecule has 0 radical (unpaired) electrons. The first-order valence-electron chi connectivity index (χ1n) is 7.21. The highest BCUT2D eigenvalue weighted by Gasteiger charge is 2.13. The molecule has 1 amide bonds. The Kier molecular flexibility index (Phi) is 6.19. The molecule has 0 spiro atoms. The van der Waals surface area contributed by atoms with Crippen LogP contribution in [0.4, 0.5) is 0 Å². The highest BCUT2D eigenvalue weighted by Crippen LogP contribution is 2.36. The lowest BCUT2D eigenvalue weighted by Gasteiger charge is -2.25. The van der Waals surface area contributed by atoms with Gasteiger partial charge in [-0.1, -0.05) is 0 Å². The zero-order chi connectivity index (χ0) is 16.7. The zero-order valence-corrected chi connectivity index (χ0v) is 13.2. The third-order valence-electron chi connectivity index (χ3n) is 3.38. The maximum absolute atomic E-state index is 11.8. The zero-order valence-electron chi connectivity index (χ0n) is 13.2. The minimum absolute atomic E-state index is 0.0801. The summed E-state index contributed by atoms with van der Waals surface area (Å²) in [5.74, 6) is 0.264. The number of phenols is 1. The maximum atomic E-state index is 11.8. The van der Waals surface area contributed by atoms with Crippen molar-refractivity contribution in [2.24, 2.45) is 5.10 Å². The molecule has 2 rings (SSSR count). The normalized spacial score (nSPS) is 15.6. The average molecular weight is 323 g/mol. The van der Waals surface area contributed by atoms with E-state index in [0.717, 1.165) is 13.1 Å². The van der Waals surface area contributed by atoms with E-state index in [0.29, 0.717) is 18.8 Å². The summed E-state index contributed by atoms with van der Waals surface area (Å²) < 4.78 is 15.3. The molecular weight excluding hydrogens is 302 g/mol. The van der Waals surface area contributed by atoms with E-state index < -0.39 is 0 Å². The summed E-state index contributed by atoms with van der Waals surface area (Å²) >= 11 is 0. The van der Waals surface area contributed by atoms with Crippen LogP contribution in [0.25, 0.3) is 0 Å². The van der Waals surface area contributed by atoms with Crippen molar-refractivity contribution >= 4 is 12.1 Å². The molecule has 23 heavy (non-hydrogen) atoms. The van der Waals surface area contributed by atoms with Crippen LogP contribution in [0, 0.1) is 0 Å². The van der Waals surface area contributed by atoms with Gasteiger partial charge in [0.1, 0.15) is 0 Å². The van der Waals surface area contributed by atoms with Gasteiger partial charge in [-0.05, 0) is 12.1 Å². The number of aromatic hydroxyl groups is 1. The molecule has 1 saturated heterocycles. The number of morpholine rings is 1. The second-order valence-corrected chi connectivity index (χ2v) is 4.96. The Morgan fingerprint density at radius 1 is 1.35 bits per heavy atom. The van der Waals surface area contributed by atoms with E-state index in [1.54, 1.807) is 12.1 Å². The highest BCUT2D eigenvalue weighted by molar-refractivity contribution is 5.84. The molecule has 1 aromatic rings. The van der Waals surface area contributed by atoms with Gasteiger partial charge in [0.25, 0.3) is 5.91 Å². The van der Waals surface area contributed by atoms with Gasteiger partial charge in [0.2, 0.25) is 5.75 Å². The number of phenolic OH excluding ortho intramolecular Hbond substituents is 1. The van der Waals surface area contributed by atoms with Crippen LogP contribution in [0.3, 0.4) is 0 Å². The SMILES string of the molecule is COc1cc(/C=N/NC(=O)CN2CCOCC2)cc(OC)c1O. The molecule has 1 aliphatic heterocycles. The van der Waals surface area contributed by atoms with Crippen LogP contribution >= 0.6 is 0 Å². The summed E-state index contributed by atoms with van der Waals surface area (Å²) in [6, 6.07) is 3.19. The second-order valence-electron chi connectivity index (χ2n) is 4.96. The number of methoxy groups -OCH3 is 2. The summed E-state index contributed by atoms with van der Waals surface area (Å²) in [5.41, 5.74) is 3.10. The summed E-state index contributed by atoms with van der Waals surface area (Å²) in [6.45, 7) is 3.04. The largest absolute Gasteiger partial charge is 0.502 e. The fourth-order valence-electron chi connectivity index (χ4n) is 2.16. The van der Waals surface area contributed by atoms with Gasteiger partial charge in [-0.15, -0.1) is 0 Å². The number of amides is 1. The third-order valence-corrected chi connectivity index (χ3v) is 3.38. The number of benzene rings is 1. The Balaban J connectivity index is 1.93. The fraction of sp³-hybridized carbons (Fsp3) is 0.467. The predicted molar refractivity (Wildman–Crippen MR) is 84.2 cm³/mol. The lowest BCUT2D eigenvalue weighted by atomic mass is 10.2. The molecule has 126 valence electrons. The Labute approximate surface area is 134 Å². The summed E-state index contributed by atoms with van der Waals surface area (Å²) in [7, 11) is 2.89. The number of hydrogen-bond acceptors (Lipinski definition) is 7. The monoisotopic (exact) mass is 323 g/mol. The van der Waals surface area contributed by atoms with Crippen LogP contribution in [-0.2, 0) is 9.53 Å². The molecule has 0 atom stereocenters. The summed E-state index contributed by atoms with van der Waals surface area (Å²) in [6.07, 6.45) is 1.46. The summed E-state index contributed by atoms with van der Waals surface area (Å²) in [4.78, 5) is 13.8. The molecule has 1 heterocycles. The van der Waals surface area contributed by atoms with Crippen LogP contribution in [0.15, 0.2) is 17.2 Å². The van der Waals surface area contributed by atoms with Gasteiger partial charge in [-0.2, -0.15) is 5.10 Å². The first-order valence-corrected chi connectivity index (χ1v) is 7.21. The first-order chi connectivity index (χ1) is 11.1. The summed E-state index contributed by atoms with van der Waals surface area (Å²) in [5, 5.41) is 13.7. The maximum Gasteiger partial charge on any atom is 0.254 e. The smallest absolute Gasteiger partial charge is 0.254 e. The molecule has 1 fully saturated rings. The number of nitrogens with zero attached hydrogens (tertiary/aromatic N) is 2. The molecular formula is C15H21N3O5. The number of nitrogens with one attached hydrogen (secondary N) is 1. The number of carbonyl (C=O) groups excluding carboxylic acids is 1. The van der Waals surface area contributed by atoms with Crippen molar-refractivity contribution < 1.29 is 24.1 Å². The quantitative estimate of drug-likeness (QED) is 0.573. The van der Waals surface area contributed by atoms with Crippen LogP contribution in [0.2, 0.25) is 0 Å². The molecule has 0 aromatic heterocycles. The standard InChI is InChI=1S/C15H21N3O5/c1-21-12-7-11(8-13(22-2)15(12)20)9-16-17-14(19)10-18-3-5-23-6-4-18/h7-9,20H,3-6,10H2,1-2H3,(H,17,19)/b16-9+. The molecule has 0 aliphatic carbocycles. The van der Waals surface area contributed by atoms with Crippen molar-refractivity contribution in [1.29, 1.82) is 0 Å². The van der Waals surface area contributed by atoms with E-state index in [1.165, 1.54) is 20.4 Å². The predicted octanol–water partition coefficient (Wildman–Crippen LogP) is 0.192. The van der Waals surface area contributed by atoms with Crippen molar-refractivity contribution in [3.63, 3.8) is 0 Å². The van der Waals surface area contributed by atoms with Gasteiger partial charge in [0.15, 0.2) is 11.5 Å². The Morgan fingerprint density at radius 2 is 1.96 bits per heavy atom. The topological polar surface area (TPSA) is 92.6 Å². The van der Waals surface area contributed by atoms with E-state index >= 15 is 0 Å². The van der Waals surface area contributed by atoms with Crippen LogP contribution in [0.1, 0.15) is 5.56 Å². The lowest BCUT2D eigenvalue weighted by molar-refractivity contribution is -0.123. The number of ether oxygens (including phenoxy) is 3. The minimum Gasteiger partial charge on any atom is -0.502 e. The van der Waals surface area contributed by atoms with Crippen molar-refractivity contribution in [1.82, 2.24) is 10.3 Å². The molecule has 1 aromatic carbocycles. The number of hydrazone groups is 1. The van der Waals surface area contributed by atoms with Crippen molar-refractivity contribution in [3.8, 4) is 17.2 Å². The van der Waals surface area contributed by atoms with Crippen LogP contribution < -0.4 is 14.9 Å². The van der Waals surface area contributed by atoms with Gasteiger partial charge in [-0.25, -0.2) is 5.43 Å². The molecule has 8 heteroatoms. The van der Waals surface area contributed by atoms with E-state index in [9.17, 15) is 9.90 Å². The Hall–Kier alpha value is -2.32. The van der Waals surface area contributed by atoms with Gasteiger partial charge in [0.05, 0.1) is 40.2 Å². The van der Waals surface area contributed by atoms with E-state index in [-0.39, 0.29) is 29.7 Å². The van der Waals surface area contributed by atoms with Gasteiger partial charge < -0.3 is 19.3 Å². The molecule has 2 N–H and O–H groups in total. The average Bonchev–Trinajstić information content (AvgIpc) is 2.57. The minimum atomic E-state index is -0.194. The van der Waals surface area contributed by atoms with Crippen molar-refractivity contribution in [2.75, 3.05) is 47.1 Å². The lowest BCUT2D eigenvalue weighted by Crippen LogP contribution is -2.42. The van der Waals surface area contributed by atoms with Crippen molar-refractivity contribution in [3.05, 3.63) is 17.7 Å². The molecule has 0 unspecified atom stereocenters. The number of rotatable bonds is 6. The van der Waals surface area contributed by atoms with E-state index in [1.807, 2.05) is 4.90 Å². The molecule has 1 aliphatic rings. The van der Waals surface area contributed by atoms with E-state index in [4.69, 9.17) is 14.2 Å². The van der Waals surface area contributed by atoms with Crippen molar-refractivity contribution in [2.45, 2.75) is 0 Å². The van der Waals surface area contributed by atoms with E-state index in [2.05, 4.69) is 10.5 Å². The number of hydrogen-bond donors (Lipinski definition) is 2. The second kappa shape index (κ2) is 8.35. The van der Waals surface area contributed by atoms with Gasteiger partial charge >= 0.3 is 0 Å². The third kappa shape index (κ3) is 4.83. The molecule has 0 bridgehead atoms. The molecule has 8 nitrogen and oxygen atoms in total. The fourth-order valence-corrected chi connectivity index (χ4v) is 2.16. The van der Waals surface area contributed by atoms with Gasteiger partial charge in [-0.3, -0.25) is 9.69 Å². The Morgan fingerprint density at radius 3 is 2.52 bits per heavy atom. The van der Waals surface area contributed by atoms with Crippen LogP contribution in [0.5, 0.6) is 17.2 Å². The Bertz CT molecular complexity index is 545. The highest BCUT2D eigenvalue weighted by atomic mass is 16.5. The van der Waals surface area contributed by atoms with Crippen LogP contribution in [-0.4, -0.2) is 69.2 Å². The number of carbonyl (C=O) groups is 1. The van der Waals surface area contributed by atoms with Gasteiger partial charge in [0, 0.05) is 18.7 Å². The first kappa shape index (κ1) is 17.0.